The summed E-state index contributed by atoms with van der Waals surface area (Å²) >= 11 is 0. The number of ether oxygens (including phenoxy) is 2. The molecular weight excluding hydrogens is 389 g/mol. The largest absolute Gasteiger partial charge is 0.486 e. The highest BCUT2D eigenvalue weighted by Gasteiger charge is 2.33. The van der Waals surface area contributed by atoms with Crippen molar-refractivity contribution in [3.05, 3.63) is 59.8 Å². The fourth-order valence-electron chi connectivity index (χ4n) is 2.93. The molecular formula is C20H15F3N2O4. The van der Waals surface area contributed by atoms with Crippen molar-refractivity contribution in [2.45, 2.75) is 12.6 Å². The van der Waals surface area contributed by atoms with Crippen LogP contribution >= 0.6 is 0 Å². The summed E-state index contributed by atoms with van der Waals surface area (Å²) in [5, 5.41) is 6.11. The molecule has 4 rings (SSSR count). The minimum Gasteiger partial charge on any atom is -0.486 e. The van der Waals surface area contributed by atoms with Gasteiger partial charge >= 0.3 is 6.18 Å². The smallest absolute Gasteiger partial charge is 0.418 e. The fraction of sp³-hybridized carbons (Fsp3) is 0.200. The number of para-hydroxylation sites is 1. The van der Waals surface area contributed by atoms with Crippen LogP contribution in [0.5, 0.6) is 11.5 Å². The van der Waals surface area contributed by atoms with Crippen LogP contribution in [-0.2, 0) is 17.4 Å². The zero-order valence-electron chi connectivity index (χ0n) is 15.0. The number of nitrogens with zero attached hydrogens (tertiary/aromatic N) is 1. The molecule has 0 aliphatic carbocycles. The third-order valence-corrected chi connectivity index (χ3v) is 4.23. The molecule has 0 fully saturated rings. The summed E-state index contributed by atoms with van der Waals surface area (Å²) in [5.74, 6) is 0.972. The molecule has 0 radical (unpaired) electrons. The maximum Gasteiger partial charge on any atom is 0.418 e. The molecule has 9 heteroatoms. The summed E-state index contributed by atoms with van der Waals surface area (Å²) in [7, 11) is 0. The van der Waals surface area contributed by atoms with Gasteiger partial charge in [0.1, 0.15) is 13.2 Å². The maximum absolute atomic E-state index is 13.0. The first-order chi connectivity index (χ1) is 13.9. The van der Waals surface area contributed by atoms with Gasteiger partial charge in [-0.05, 0) is 30.3 Å². The highest BCUT2D eigenvalue weighted by Crippen LogP contribution is 2.36. The summed E-state index contributed by atoms with van der Waals surface area (Å²) in [6, 6.07) is 11.6. The predicted molar refractivity (Wildman–Crippen MR) is 96.7 cm³/mol. The Morgan fingerprint density at radius 2 is 1.79 bits per heavy atom. The minimum absolute atomic E-state index is 0.236. The molecule has 0 bridgehead atoms. The molecule has 3 aromatic rings. The predicted octanol–water partition coefficient (Wildman–Crippen LogP) is 4.31. The zero-order valence-corrected chi connectivity index (χ0v) is 15.0. The number of halogens is 3. The number of nitrogens with one attached hydrogen (secondary N) is 1. The molecule has 1 aromatic heterocycles. The molecule has 0 spiro atoms. The standard InChI is InChI=1S/C20H15F3N2O4/c21-20(22,23)14-3-1-2-4-15(14)24-19(26)11-13-10-17(29-25-13)12-5-6-16-18(9-12)28-8-7-27-16/h1-6,9-10H,7-8,11H2,(H,24,26). The van der Waals surface area contributed by atoms with Crippen molar-refractivity contribution in [3.63, 3.8) is 0 Å². The van der Waals surface area contributed by atoms with Crippen molar-refractivity contribution >= 4 is 11.6 Å². The van der Waals surface area contributed by atoms with Crippen molar-refractivity contribution in [1.82, 2.24) is 5.16 Å². The van der Waals surface area contributed by atoms with Crippen LogP contribution in [0, 0.1) is 0 Å². The molecule has 1 aliphatic rings. The van der Waals surface area contributed by atoms with Gasteiger partial charge in [0.05, 0.1) is 23.4 Å². The van der Waals surface area contributed by atoms with E-state index < -0.39 is 17.6 Å². The van der Waals surface area contributed by atoms with E-state index in [2.05, 4.69) is 10.5 Å². The van der Waals surface area contributed by atoms with E-state index in [1.54, 1.807) is 24.3 Å². The highest BCUT2D eigenvalue weighted by atomic mass is 19.4. The second kappa shape index (κ2) is 7.50. The number of benzene rings is 2. The first kappa shape index (κ1) is 18.9. The van der Waals surface area contributed by atoms with Crippen molar-refractivity contribution in [2.75, 3.05) is 18.5 Å². The number of hydrogen-bond donors (Lipinski definition) is 1. The number of alkyl halides is 3. The van der Waals surface area contributed by atoms with Gasteiger partial charge in [-0.1, -0.05) is 17.3 Å². The summed E-state index contributed by atoms with van der Waals surface area (Å²) < 4.78 is 55.4. The third-order valence-electron chi connectivity index (χ3n) is 4.23. The Morgan fingerprint density at radius 1 is 1.03 bits per heavy atom. The van der Waals surface area contributed by atoms with Crippen LogP contribution in [0.1, 0.15) is 11.3 Å². The van der Waals surface area contributed by atoms with Crippen LogP contribution in [-0.4, -0.2) is 24.3 Å². The van der Waals surface area contributed by atoms with E-state index in [0.29, 0.717) is 36.0 Å². The van der Waals surface area contributed by atoms with Crippen molar-refractivity contribution in [1.29, 1.82) is 0 Å². The molecule has 1 aliphatic heterocycles. The van der Waals surface area contributed by atoms with Crippen LogP contribution in [0.25, 0.3) is 11.3 Å². The Hall–Kier alpha value is -3.49. The Kier molecular flexibility index (Phi) is 4.87. The third kappa shape index (κ3) is 4.18. The van der Waals surface area contributed by atoms with Gasteiger partial charge in [-0.25, -0.2) is 0 Å². The normalized spacial score (nSPS) is 13.2. The number of carbonyl (C=O) groups is 1. The number of rotatable bonds is 4. The fourth-order valence-corrected chi connectivity index (χ4v) is 2.93. The van der Waals surface area contributed by atoms with Gasteiger partial charge in [-0.15, -0.1) is 0 Å². The van der Waals surface area contributed by atoms with Crippen LogP contribution in [0.15, 0.2) is 53.1 Å². The first-order valence-electron chi connectivity index (χ1n) is 8.72. The number of carbonyl (C=O) groups excluding carboxylic acids is 1. The summed E-state index contributed by atoms with van der Waals surface area (Å²) in [5.41, 5.74) is -0.251. The van der Waals surface area contributed by atoms with Crippen molar-refractivity contribution in [2.24, 2.45) is 0 Å². The summed E-state index contributed by atoms with van der Waals surface area (Å²) in [4.78, 5) is 12.2. The Labute approximate surface area is 163 Å². The van der Waals surface area contributed by atoms with Gasteiger partial charge in [-0.2, -0.15) is 13.2 Å². The van der Waals surface area contributed by atoms with Crippen LogP contribution in [0.4, 0.5) is 18.9 Å². The maximum atomic E-state index is 13.0. The minimum atomic E-state index is -4.57. The lowest BCUT2D eigenvalue weighted by Crippen LogP contribution is -2.18. The number of amides is 1. The van der Waals surface area contributed by atoms with Gasteiger partial charge < -0.3 is 19.3 Å². The molecule has 29 heavy (non-hydrogen) atoms. The Morgan fingerprint density at radius 3 is 2.59 bits per heavy atom. The summed E-state index contributed by atoms with van der Waals surface area (Å²) in [6.45, 7) is 0.920. The van der Waals surface area contributed by atoms with Crippen molar-refractivity contribution < 1.29 is 32.0 Å². The SMILES string of the molecule is O=C(Cc1cc(-c2ccc3c(c2)OCCO3)on1)Nc1ccccc1C(F)(F)F. The molecule has 150 valence electrons. The molecule has 0 atom stereocenters. The van der Waals surface area contributed by atoms with E-state index >= 15 is 0 Å². The van der Waals surface area contributed by atoms with E-state index in [1.165, 1.54) is 18.2 Å². The second-order valence-corrected chi connectivity index (χ2v) is 6.31. The Balaban J connectivity index is 1.47. The lowest BCUT2D eigenvalue weighted by molar-refractivity contribution is -0.137. The molecule has 1 amide bonds. The van der Waals surface area contributed by atoms with Crippen LogP contribution < -0.4 is 14.8 Å². The number of fused-ring (bicyclic) bond motifs is 1. The molecule has 0 unspecified atom stereocenters. The topological polar surface area (TPSA) is 73.6 Å². The molecule has 1 N–H and O–H groups in total. The van der Waals surface area contributed by atoms with E-state index in [-0.39, 0.29) is 17.8 Å². The quantitative estimate of drug-likeness (QED) is 0.701. The van der Waals surface area contributed by atoms with E-state index in [0.717, 1.165) is 6.07 Å². The highest BCUT2D eigenvalue weighted by molar-refractivity contribution is 5.93. The molecule has 6 nitrogen and oxygen atoms in total. The number of aromatic nitrogens is 1. The average molecular weight is 404 g/mol. The molecule has 2 heterocycles. The van der Waals surface area contributed by atoms with Crippen LogP contribution in [0.2, 0.25) is 0 Å². The molecule has 2 aromatic carbocycles. The lowest BCUT2D eigenvalue weighted by atomic mass is 10.1. The lowest BCUT2D eigenvalue weighted by Gasteiger charge is -2.18. The zero-order chi connectivity index (χ0) is 20.4. The van der Waals surface area contributed by atoms with Gasteiger partial charge in [0.25, 0.3) is 0 Å². The van der Waals surface area contributed by atoms with Crippen LogP contribution in [0.3, 0.4) is 0 Å². The van der Waals surface area contributed by atoms with Gasteiger partial charge in [0.15, 0.2) is 17.3 Å². The van der Waals surface area contributed by atoms with E-state index in [4.69, 9.17) is 14.0 Å². The van der Waals surface area contributed by atoms with Gasteiger partial charge in [0.2, 0.25) is 5.91 Å². The number of anilines is 1. The molecule has 0 saturated carbocycles. The summed E-state index contributed by atoms with van der Waals surface area (Å²) in [6.07, 6.45) is -4.80. The monoisotopic (exact) mass is 404 g/mol. The van der Waals surface area contributed by atoms with Gasteiger partial charge in [-0.3, -0.25) is 4.79 Å². The second-order valence-electron chi connectivity index (χ2n) is 6.31. The first-order valence-corrected chi connectivity index (χ1v) is 8.72. The molecule has 0 saturated heterocycles. The van der Waals surface area contributed by atoms with E-state index in [1.807, 2.05) is 0 Å². The van der Waals surface area contributed by atoms with E-state index in [9.17, 15) is 18.0 Å². The Bertz CT molecular complexity index is 1050. The average Bonchev–Trinajstić information content (AvgIpc) is 3.15. The van der Waals surface area contributed by atoms with Gasteiger partial charge in [0, 0.05) is 11.6 Å². The van der Waals surface area contributed by atoms with Crippen molar-refractivity contribution in [3.8, 4) is 22.8 Å². The number of hydrogen-bond acceptors (Lipinski definition) is 5.